The van der Waals surface area contributed by atoms with Gasteiger partial charge in [-0.15, -0.1) is 0 Å². The van der Waals surface area contributed by atoms with Crippen molar-refractivity contribution in [3.63, 3.8) is 0 Å². The van der Waals surface area contributed by atoms with Crippen LogP contribution in [0.5, 0.6) is 5.88 Å². The summed E-state index contributed by atoms with van der Waals surface area (Å²) in [6, 6.07) is 7.97. The van der Waals surface area contributed by atoms with Gasteiger partial charge in [-0.25, -0.2) is 0 Å². The highest BCUT2D eigenvalue weighted by Gasteiger charge is 2.27. The average Bonchev–Trinajstić information content (AvgIpc) is 3.11. The summed E-state index contributed by atoms with van der Waals surface area (Å²) in [4.78, 5) is 25.0. The Kier molecular flexibility index (Phi) is 7.02. The summed E-state index contributed by atoms with van der Waals surface area (Å²) in [5.74, 6) is 1.01. The highest BCUT2D eigenvalue weighted by Crippen LogP contribution is 2.41. The van der Waals surface area contributed by atoms with Crippen molar-refractivity contribution in [1.82, 2.24) is 14.8 Å². The van der Waals surface area contributed by atoms with Gasteiger partial charge in [0.15, 0.2) is 0 Å². The molecule has 0 aliphatic carbocycles. The number of nitrogens with zero attached hydrogens (tertiary/aromatic N) is 2. The van der Waals surface area contributed by atoms with Crippen LogP contribution in [0.15, 0.2) is 24.3 Å². The minimum Gasteiger partial charge on any atom is -0.478 e. The number of carbonyl (C=O) groups is 1. The van der Waals surface area contributed by atoms with E-state index < -0.39 is 7.60 Å². The van der Waals surface area contributed by atoms with Crippen molar-refractivity contribution in [2.45, 2.75) is 32.7 Å². The first kappa shape index (κ1) is 22.3. The highest BCUT2D eigenvalue weighted by molar-refractivity contribution is 7.52. The van der Waals surface area contributed by atoms with E-state index in [-0.39, 0.29) is 18.7 Å². The number of piperidine rings is 1. The molecule has 4 rings (SSSR count). The molecule has 2 aliphatic heterocycles. The molecule has 1 aromatic heterocycles. The van der Waals surface area contributed by atoms with Gasteiger partial charge in [0, 0.05) is 25.0 Å². The summed E-state index contributed by atoms with van der Waals surface area (Å²) in [6.07, 6.45) is 3.02. The number of ether oxygens (including phenoxy) is 1. The van der Waals surface area contributed by atoms with Gasteiger partial charge in [-0.05, 0) is 51.3 Å². The van der Waals surface area contributed by atoms with Crippen molar-refractivity contribution < 1.29 is 23.5 Å². The molecule has 9 heteroatoms. The average molecular weight is 449 g/mol. The van der Waals surface area contributed by atoms with Crippen LogP contribution in [0.1, 0.15) is 36.5 Å². The van der Waals surface area contributed by atoms with Crippen LogP contribution in [0.25, 0.3) is 10.9 Å². The molecule has 0 spiro atoms. The Bertz CT molecular complexity index is 967. The second kappa shape index (κ2) is 9.74. The second-order valence-corrected chi connectivity index (χ2v) is 10.3. The molecule has 1 fully saturated rings. The number of amides is 1. The maximum Gasteiger partial charge on any atom is 0.329 e. The molecule has 2 aliphatic rings. The lowest BCUT2D eigenvalue weighted by molar-refractivity contribution is 0.0931. The van der Waals surface area contributed by atoms with Gasteiger partial charge in [0.25, 0.3) is 5.91 Å². The highest BCUT2D eigenvalue weighted by atomic mass is 31.2. The molecule has 170 valence electrons. The number of carbonyl (C=O) groups excluding carboxylic acids is 1. The molecule has 2 N–H and O–H groups in total. The maximum absolute atomic E-state index is 13.1. The number of hydrogen-bond donors (Lipinski definition) is 2. The number of likely N-dealkylation sites (tertiary alicyclic amines) is 1. The fourth-order valence-electron chi connectivity index (χ4n) is 4.54. The van der Waals surface area contributed by atoms with E-state index >= 15 is 0 Å². The Balaban J connectivity index is 1.31. The zero-order chi connectivity index (χ0) is 21.8. The number of aryl methyl sites for hydroxylation is 1. The molecule has 2 aromatic rings. The number of hydrogen-bond acceptors (Lipinski definition) is 5. The molecular weight excluding hydrogens is 417 g/mol. The van der Waals surface area contributed by atoms with Crippen molar-refractivity contribution >= 4 is 24.4 Å². The summed E-state index contributed by atoms with van der Waals surface area (Å²) in [7, 11) is -3.47. The van der Waals surface area contributed by atoms with E-state index in [2.05, 4.69) is 14.8 Å². The molecule has 1 amide bonds. The van der Waals surface area contributed by atoms with Gasteiger partial charge in [-0.2, -0.15) is 0 Å². The Morgan fingerprint density at radius 3 is 2.84 bits per heavy atom. The molecule has 0 saturated carbocycles. The van der Waals surface area contributed by atoms with Gasteiger partial charge in [0.05, 0.1) is 24.9 Å². The van der Waals surface area contributed by atoms with E-state index in [1.54, 1.807) is 6.92 Å². The standard InChI is InChI=1S/C22H32N3O5P/c1-2-30-31(27,28)15-13-24-11-8-17(9-12-24)16-23-21(26)20-18-6-3-4-7-19(18)25-10-5-14-29-22(20)25/h3-4,6-7,17H,2,5,8-16H2,1H3,(H,23,26)(H,27,28). The fourth-order valence-corrected chi connectivity index (χ4v) is 5.60. The number of para-hydroxylation sites is 1. The van der Waals surface area contributed by atoms with Gasteiger partial charge in [0.1, 0.15) is 5.56 Å². The molecule has 0 radical (unpaired) electrons. The first-order valence-corrected chi connectivity index (χ1v) is 13.0. The van der Waals surface area contributed by atoms with Crippen LogP contribution in [-0.2, 0) is 15.6 Å². The van der Waals surface area contributed by atoms with E-state index in [4.69, 9.17) is 9.26 Å². The van der Waals surface area contributed by atoms with Crippen molar-refractivity contribution in [2.75, 3.05) is 45.6 Å². The van der Waals surface area contributed by atoms with Gasteiger partial charge in [0.2, 0.25) is 5.88 Å². The van der Waals surface area contributed by atoms with E-state index in [1.807, 2.05) is 24.3 Å². The molecule has 1 atom stereocenters. The molecule has 1 saturated heterocycles. The van der Waals surface area contributed by atoms with Gasteiger partial charge in [-0.3, -0.25) is 9.36 Å². The summed E-state index contributed by atoms with van der Waals surface area (Å²) in [5, 5.41) is 4.07. The lowest BCUT2D eigenvalue weighted by atomic mass is 9.96. The molecule has 1 unspecified atom stereocenters. The Labute approximate surface area is 183 Å². The van der Waals surface area contributed by atoms with Crippen LogP contribution in [0, 0.1) is 5.92 Å². The lowest BCUT2D eigenvalue weighted by Gasteiger charge is -2.32. The largest absolute Gasteiger partial charge is 0.478 e. The van der Waals surface area contributed by atoms with Crippen molar-refractivity contribution in [2.24, 2.45) is 5.92 Å². The Morgan fingerprint density at radius 2 is 2.06 bits per heavy atom. The van der Waals surface area contributed by atoms with Gasteiger partial charge in [-0.1, -0.05) is 18.2 Å². The van der Waals surface area contributed by atoms with E-state index in [9.17, 15) is 14.3 Å². The SMILES string of the molecule is CCOP(=O)(O)CCN1CCC(CNC(=O)c2c3n(c4ccccc24)CCCO3)CC1. The third kappa shape index (κ3) is 5.14. The lowest BCUT2D eigenvalue weighted by Crippen LogP contribution is -2.39. The minimum atomic E-state index is -3.47. The minimum absolute atomic E-state index is 0.0767. The second-order valence-electron chi connectivity index (χ2n) is 8.32. The van der Waals surface area contributed by atoms with Gasteiger partial charge >= 0.3 is 7.60 Å². The number of rotatable bonds is 8. The smallest absolute Gasteiger partial charge is 0.329 e. The zero-order valence-electron chi connectivity index (χ0n) is 18.1. The van der Waals surface area contributed by atoms with E-state index in [0.29, 0.717) is 37.1 Å². The summed E-state index contributed by atoms with van der Waals surface area (Å²) in [5.41, 5.74) is 1.69. The van der Waals surface area contributed by atoms with Crippen LogP contribution >= 0.6 is 7.60 Å². The van der Waals surface area contributed by atoms with Crippen LogP contribution < -0.4 is 10.1 Å². The monoisotopic (exact) mass is 449 g/mol. The molecule has 1 aromatic carbocycles. The number of aromatic nitrogens is 1. The third-order valence-electron chi connectivity index (χ3n) is 6.20. The number of nitrogens with one attached hydrogen (secondary N) is 1. The summed E-state index contributed by atoms with van der Waals surface area (Å²) < 4.78 is 24.8. The van der Waals surface area contributed by atoms with Crippen LogP contribution in [0.3, 0.4) is 0 Å². The Hall–Kier alpha value is -1.86. The number of fused-ring (bicyclic) bond motifs is 3. The predicted octanol–water partition coefficient (Wildman–Crippen LogP) is 3.09. The maximum atomic E-state index is 13.1. The van der Waals surface area contributed by atoms with Crippen molar-refractivity contribution in [1.29, 1.82) is 0 Å². The molecule has 31 heavy (non-hydrogen) atoms. The predicted molar refractivity (Wildman–Crippen MR) is 120 cm³/mol. The molecule has 0 bridgehead atoms. The van der Waals surface area contributed by atoms with Gasteiger partial charge < -0.3 is 28.9 Å². The van der Waals surface area contributed by atoms with Crippen LogP contribution in [0.4, 0.5) is 0 Å². The zero-order valence-corrected chi connectivity index (χ0v) is 19.0. The number of benzene rings is 1. The van der Waals surface area contributed by atoms with Crippen molar-refractivity contribution in [3.05, 3.63) is 29.8 Å². The first-order chi connectivity index (χ1) is 15.0. The first-order valence-electron chi connectivity index (χ1n) is 11.2. The van der Waals surface area contributed by atoms with E-state index in [0.717, 1.165) is 49.8 Å². The molecular formula is C22H32N3O5P. The van der Waals surface area contributed by atoms with Crippen molar-refractivity contribution in [3.8, 4) is 5.88 Å². The summed E-state index contributed by atoms with van der Waals surface area (Å²) >= 11 is 0. The fraction of sp³-hybridized carbons (Fsp3) is 0.591. The summed E-state index contributed by atoms with van der Waals surface area (Å²) in [6.45, 7) is 6.39. The van der Waals surface area contributed by atoms with E-state index in [1.165, 1.54) is 0 Å². The van der Waals surface area contributed by atoms with Crippen LogP contribution in [0.2, 0.25) is 0 Å². The quantitative estimate of drug-likeness (QED) is 0.602. The molecule has 8 nitrogen and oxygen atoms in total. The third-order valence-corrected chi connectivity index (χ3v) is 7.63. The normalized spacial score (nSPS) is 19.5. The topological polar surface area (TPSA) is 93.0 Å². The van der Waals surface area contributed by atoms with Crippen LogP contribution in [-0.4, -0.2) is 65.8 Å². The Morgan fingerprint density at radius 1 is 1.29 bits per heavy atom. The molecule has 3 heterocycles.